The SMILES string of the molecule is CC/C=C\C/C=C\C/C=C\C/C=C\CCCCC(=O)OCC(COP(=O)(O)OCC(CO)OC(=O)CC/C=C\C/C=C\C/C=C\C/C=C\CC)OC(=O)CCCCCCCCCCC/C=C\CCCCCCCC. The van der Waals surface area contributed by atoms with Gasteiger partial charge in [-0.2, -0.15) is 0 Å². The van der Waals surface area contributed by atoms with Gasteiger partial charge >= 0.3 is 25.7 Å². The van der Waals surface area contributed by atoms with Crippen LogP contribution in [0.3, 0.4) is 0 Å². The fraction of sp³-hybridized carbons (Fsp3) is 0.661. The molecule has 0 saturated heterocycles. The standard InChI is InChI=1S/C62H103O11P/c1-4-7-10-13-16-19-22-25-27-28-29-30-32-35-38-41-44-47-50-53-62(66)73-59(55-69-60(64)51-48-45-42-39-36-34-31-26-23-20-17-14-11-8-5-2)57-71-74(67,68)70-56-58(54-63)72-61(65)52-49-46-43-40-37-33-24-21-18-15-12-9-6-3/h8-9,11-12,17-18,20-21,25-27,31,33,36-37,39,43,46,58-59,63H,4-7,10,13-16,19,22-24,28-30,32,34-35,38,40-42,44-45,47-57H2,1-3H3,(H,67,68)/b11-8-,12-9-,20-17-,21-18-,27-25-,31-26-,37-33-,39-36-,46-43-. The van der Waals surface area contributed by atoms with E-state index in [2.05, 4.69) is 112 Å². The normalized spacial score (nSPS) is 14.2. The first kappa shape index (κ1) is 70.1. The van der Waals surface area contributed by atoms with Crippen molar-refractivity contribution in [3.63, 3.8) is 0 Å². The van der Waals surface area contributed by atoms with Gasteiger partial charge in [-0.3, -0.25) is 23.4 Å². The minimum atomic E-state index is -4.78. The lowest BCUT2D eigenvalue weighted by Gasteiger charge is -2.21. The van der Waals surface area contributed by atoms with E-state index < -0.39 is 57.8 Å². The number of aliphatic hydroxyl groups excluding tert-OH is 1. The molecule has 3 atom stereocenters. The monoisotopic (exact) mass is 1050 g/mol. The minimum Gasteiger partial charge on any atom is -0.462 e. The summed E-state index contributed by atoms with van der Waals surface area (Å²) in [7, 11) is -4.78. The number of aliphatic hydroxyl groups is 1. The molecule has 3 unspecified atom stereocenters. The number of hydrogen-bond acceptors (Lipinski definition) is 10. The van der Waals surface area contributed by atoms with Crippen molar-refractivity contribution in [2.45, 2.75) is 238 Å². The molecule has 0 heterocycles. The van der Waals surface area contributed by atoms with Crippen molar-refractivity contribution in [1.82, 2.24) is 0 Å². The first-order chi connectivity index (χ1) is 36.2. The summed E-state index contributed by atoms with van der Waals surface area (Å²) < 4.78 is 39.4. The van der Waals surface area contributed by atoms with Crippen molar-refractivity contribution in [2.24, 2.45) is 0 Å². The fourth-order valence-electron chi connectivity index (χ4n) is 7.35. The predicted octanol–water partition coefficient (Wildman–Crippen LogP) is 17.0. The Kier molecular flexibility index (Phi) is 52.5. The summed E-state index contributed by atoms with van der Waals surface area (Å²) in [6, 6.07) is 0. The lowest BCUT2D eigenvalue weighted by molar-refractivity contribution is -0.161. The third-order valence-electron chi connectivity index (χ3n) is 11.7. The second kappa shape index (κ2) is 55.4. The Hall–Kier alpha value is -3.86. The maximum absolute atomic E-state index is 12.9. The highest BCUT2D eigenvalue weighted by atomic mass is 31.2. The number of allylic oxidation sites excluding steroid dienone is 18. The van der Waals surface area contributed by atoms with E-state index in [1.54, 1.807) is 0 Å². The number of esters is 3. The molecule has 0 aliphatic carbocycles. The zero-order chi connectivity index (χ0) is 54.1. The third kappa shape index (κ3) is 53.0. The number of hydrogen-bond donors (Lipinski definition) is 2. The molecule has 11 nitrogen and oxygen atoms in total. The highest BCUT2D eigenvalue weighted by Crippen LogP contribution is 2.43. The highest BCUT2D eigenvalue weighted by molar-refractivity contribution is 7.47. The summed E-state index contributed by atoms with van der Waals surface area (Å²) in [5, 5.41) is 9.79. The summed E-state index contributed by atoms with van der Waals surface area (Å²) in [5.41, 5.74) is 0. The Bertz CT molecular complexity index is 1660. The van der Waals surface area contributed by atoms with Gasteiger partial charge in [-0.05, 0) is 109 Å². The van der Waals surface area contributed by atoms with Crippen LogP contribution in [0.5, 0.6) is 0 Å². The van der Waals surface area contributed by atoms with Gasteiger partial charge in [-0.25, -0.2) is 4.57 Å². The molecule has 422 valence electrons. The molecule has 0 radical (unpaired) electrons. The molecule has 0 bridgehead atoms. The summed E-state index contributed by atoms with van der Waals surface area (Å²) in [5.74, 6) is -1.61. The topological polar surface area (TPSA) is 155 Å². The minimum absolute atomic E-state index is 0.0485. The lowest BCUT2D eigenvalue weighted by atomic mass is 10.1. The molecule has 74 heavy (non-hydrogen) atoms. The van der Waals surface area contributed by atoms with E-state index in [1.165, 1.54) is 83.5 Å². The van der Waals surface area contributed by atoms with Crippen LogP contribution in [0.4, 0.5) is 0 Å². The molecule has 0 saturated carbocycles. The molecular weight excluding hydrogens is 952 g/mol. The van der Waals surface area contributed by atoms with E-state index in [-0.39, 0.29) is 25.9 Å². The summed E-state index contributed by atoms with van der Waals surface area (Å²) in [4.78, 5) is 48.5. The second-order valence-electron chi connectivity index (χ2n) is 18.7. The van der Waals surface area contributed by atoms with Gasteiger partial charge in [-0.15, -0.1) is 0 Å². The molecule has 0 fully saturated rings. The Morgan fingerprint density at radius 3 is 1.20 bits per heavy atom. The smallest absolute Gasteiger partial charge is 0.462 e. The molecule has 12 heteroatoms. The number of phosphoric ester groups is 1. The van der Waals surface area contributed by atoms with Gasteiger partial charge in [-0.1, -0.05) is 207 Å². The van der Waals surface area contributed by atoms with Gasteiger partial charge in [0, 0.05) is 19.3 Å². The van der Waals surface area contributed by atoms with Gasteiger partial charge in [0.25, 0.3) is 0 Å². The average Bonchev–Trinajstić information content (AvgIpc) is 3.39. The van der Waals surface area contributed by atoms with Crippen molar-refractivity contribution < 1.29 is 52.2 Å². The highest BCUT2D eigenvalue weighted by Gasteiger charge is 2.28. The van der Waals surface area contributed by atoms with Gasteiger partial charge in [0.2, 0.25) is 0 Å². The molecule has 0 aliphatic heterocycles. The summed E-state index contributed by atoms with van der Waals surface area (Å²) in [6.07, 6.45) is 66.5. The van der Waals surface area contributed by atoms with Crippen LogP contribution in [0.1, 0.15) is 226 Å². The van der Waals surface area contributed by atoms with E-state index in [4.69, 9.17) is 23.3 Å². The van der Waals surface area contributed by atoms with E-state index in [9.17, 15) is 28.9 Å². The van der Waals surface area contributed by atoms with Crippen molar-refractivity contribution in [3.8, 4) is 0 Å². The van der Waals surface area contributed by atoms with Crippen LogP contribution in [-0.2, 0) is 42.2 Å². The Morgan fingerprint density at radius 1 is 0.392 bits per heavy atom. The summed E-state index contributed by atoms with van der Waals surface area (Å²) in [6.45, 7) is 4.27. The Morgan fingerprint density at radius 2 is 0.730 bits per heavy atom. The quantitative estimate of drug-likeness (QED) is 0.0197. The van der Waals surface area contributed by atoms with Crippen LogP contribution in [0.15, 0.2) is 109 Å². The molecule has 0 aromatic rings. The van der Waals surface area contributed by atoms with E-state index in [0.29, 0.717) is 19.3 Å². The van der Waals surface area contributed by atoms with Crippen molar-refractivity contribution in [3.05, 3.63) is 109 Å². The van der Waals surface area contributed by atoms with Gasteiger partial charge < -0.3 is 24.2 Å². The van der Waals surface area contributed by atoms with Crippen LogP contribution in [0, 0.1) is 0 Å². The van der Waals surface area contributed by atoms with Gasteiger partial charge in [0.1, 0.15) is 12.7 Å². The molecular formula is C62H103O11P. The van der Waals surface area contributed by atoms with Crippen molar-refractivity contribution in [1.29, 1.82) is 0 Å². The second-order valence-corrected chi connectivity index (χ2v) is 20.1. The average molecular weight is 1060 g/mol. The van der Waals surface area contributed by atoms with Crippen molar-refractivity contribution >= 4 is 25.7 Å². The fourth-order valence-corrected chi connectivity index (χ4v) is 8.14. The largest absolute Gasteiger partial charge is 0.472 e. The maximum Gasteiger partial charge on any atom is 0.472 e. The van der Waals surface area contributed by atoms with Gasteiger partial charge in [0.15, 0.2) is 6.10 Å². The number of phosphoric acid groups is 1. The van der Waals surface area contributed by atoms with Crippen LogP contribution in [0.25, 0.3) is 0 Å². The Labute approximate surface area is 450 Å². The molecule has 2 N–H and O–H groups in total. The zero-order valence-corrected chi connectivity index (χ0v) is 47.4. The van der Waals surface area contributed by atoms with E-state index in [1.807, 2.05) is 18.2 Å². The number of ether oxygens (including phenoxy) is 3. The summed E-state index contributed by atoms with van der Waals surface area (Å²) >= 11 is 0. The van der Waals surface area contributed by atoms with Crippen LogP contribution in [-0.4, -0.2) is 66.5 Å². The first-order valence-corrected chi connectivity index (χ1v) is 30.3. The zero-order valence-electron chi connectivity index (χ0n) is 46.5. The van der Waals surface area contributed by atoms with E-state index in [0.717, 1.165) is 83.5 Å². The Balaban J connectivity index is 4.84. The van der Waals surface area contributed by atoms with Crippen LogP contribution >= 0.6 is 7.82 Å². The molecule has 0 rings (SSSR count). The van der Waals surface area contributed by atoms with E-state index >= 15 is 0 Å². The molecule has 0 aromatic heterocycles. The number of unbranched alkanes of at least 4 members (excludes halogenated alkanes) is 17. The number of carbonyl (C=O) groups is 3. The van der Waals surface area contributed by atoms with Crippen molar-refractivity contribution in [2.75, 3.05) is 26.4 Å². The molecule has 0 aromatic carbocycles. The maximum atomic E-state index is 12.9. The third-order valence-corrected chi connectivity index (χ3v) is 12.6. The molecule has 0 amide bonds. The van der Waals surface area contributed by atoms with Crippen LogP contribution in [0.2, 0.25) is 0 Å². The van der Waals surface area contributed by atoms with Gasteiger partial charge in [0.05, 0.1) is 19.8 Å². The van der Waals surface area contributed by atoms with Crippen LogP contribution < -0.4 is 0 Å². The first-order valence-electron chi connectivity index (χ1n) is 28.8. The molecule has 0 aliphatic rings. The number of carbonyl (C=O) groups excluding carboxylic acids is 3. The number of rotatable bonds is 52. The lowest BCUT2D eigenvalue weighted by Crippen LogP contribution is -2.30. The molecule has 0 spiro atoms. The predicted molar refractivity (Wildman–Crippen MR) is 307 cm³/mol.